The number of nitrogens with zero attached hydrogens (tertiary/aromatic N) is 4. The fraction of sp³-hybridized carbons (Fsp3) is 0. The predicted octanol–water partition coefficient (Wildman–Crippen LogP) is 13.2. The van der Waals surface area contributed by atoms with Crippen LogP contribution in [0.4, 0.5) is 0 Å². The molecule has 0 atom stereocenters. The molecular weight excluding hydrogens is 681 g/mol. The molecule has 0 saturated carbocycles. The van der Waals surface area contributed by atoms with Crippen molar-refractivity contribution in [3.05, 3.63) is 206 Å². The summed E-state index contributed by atoms with van der Waals surface area (Å²) in [6, 6.07) is 71.8. The van der Waals surface area contributed by atoms with Gasteiger partial charge in [0.2, 0.25) is 0 Å². The average molecular weight is 715 g/mol. The molecule has 0 amide bonds. The first-order chi connectivity index (χ1) is 27.7. The maximum absolute atomic E-state index is 5.36. The summed E-state index contributed by atoms with van der Waals surface area (Å²) in [5, 5.41) is 3.45. The molecule has 0 spiro atoms. The van der Waals surface area contributed by atoms with Gasteiger partial charge in [-0.05, 0) is 39.4 Å². The third-order valence-electron chi connectivity index (χ3n) is 10.3. The van der Waals surface area contributed by atoms with Crippen LogP contribution in [0.1, 0.15) is 0 Å². The molecule has 0 aliphatic rings. The Morgan fingerprint density at radius 2 is 0.661 bits per heavy atom. The van der Waals surface area contributed by atoms with Crippen molar-refractivity contribution in [3.8, 4) is 78.8 Å². The van der Waals surface area contributed by atoms with Crippen molar-refractivity contribution < 1.29 is 0 Å². The van der Waals surface area contributed by atoms with E-state index in [1.54, 1.807) is 0 Å². The lowest BCUT2D eigenvalue weighted by molar-refractivity contribution is 1.07. The first kappa shape index (κ1) is 33.0. The van der Waals surface area contributed by atoms with Crippen LogP contribution >= 0.6 is 0 Å². The lowest BCUT2D eigenvalue weighted by atomic mass is 9.91. The standard InChI is InChI=1S/C52H34N4/c1-5-14-35(15-6-1)36-24-28-38(29-25-36)44-22-13-23-46-48(44)45-33-32-43(34-47(45)53-49(46)39-16-7-2-8-17-39)37-26-30-42(31-27-37)52-55-50(40-18-9-3-10-19-40)54-51(56-52)41-20-11-4-12-21-41/h1-34H. The van der Waals surface area contributed by atoms with E-state index in [1.807, 2.05) is 60.7 Å². The number of hydrogen-bond acceptors (Lipinski definition) is 4. The van der Waals surface area contributed by atoms with Crippen molar-refractivity contribution >= 4 is 21.7 Å². The van der Waals surface area contributed by atoms with Crippen molar-refractivity contribution in [2.45, 2.75) is 0 Å². The van der Waals surface area contributed by atoms with Crippen LogP contribution in [0, 0.1) is 0 Å². The molecule has 56 heavy (non-hydrogen) atoms. The van der Waals surface area contributed by atoms with E-state index in [4.69, 9.17) is 19.9 Å². The highest BCUT2D eigenvalue weighted by Crippen LogP contribution is 2.40. The van der Waals surface area contributed by atoms with Crippen LogP contribution in [0.2, 0.25) is 0 Å². The van der Waals surface area contributed by atoms with Gasteiger partial charge < -0.3 is 0 Å². The third-order valence-corrected chi connectivity index (χ3v) is 10.3. The molecule has 4 heteroatoms. The summed E-state index contributed by atoms with van der Waals surface area (Å²) in [6.45, 7) is 0. The number of rotatable bonds is 7. The van der Waals surface area contributed by atoms with Gasteiger partial charge in [0.25, 0.3) is 0 Å². The molecule has 0 fully saturated rings. The van der Waals surface area contributed by atoms with Crippen molar-refractivity contribution in [3.63, 3.8) is 0 Å². The molecule has 4 nitrogen and oxygen atoms in total. The van der Waals surface area contributed by atoms with Gasteiger partial charge in [-0.2, -0.15) is 0 Å². The van der Waals surface area contributed by atoms with Crippen LogP contribution in [-0.4, -0.2) is 19.9 Å². The SMILES string of the molecule is c1ccc(-c2ccc(-c3cccc4c(-c5ccccc5)nc5cc(-c6ccc(-c7nc(-c8ccccc8)nc(-c8ccccc8)n7)cc6)ccc5c34)cc2)cc1. The highest BCUT2D eigenvalue weighted by Gasteiger charge is 2.17. The molecule has 0 saturated heterocycles. The molecular formula is C52H34N4. The zero-order valence-electron chi connectivity index (χ0n) is 30.4. The Morgan fingerprint density at radius 3 is 1.21 bits per heavy atom. The Balaban J connectivity index is 1.07. The molecule has 0 unspecified atom stereocenters. The lowest BCUT2D eigenvalue weighted by Crippen LogP contribution is -2.00. The zero-order valence-corrected chi connectivity index (χ0v) is 30.4. The second-order valence-electron chi connectivity index (χ2n) is 13.8. The number of benzene rings is 8. The van der Waals surface area contributed by atoms with Gasteiger partial charge in [0.1, 0.15) is 0 Å². The van der Waals surface area contributed by atoms with Gasteiger partial charge in [-0.15, -0.1) is 0 Å². The Kier molecular flexibility index (Phi) is 8.47. The topological polar surface area (TPSA) is 51.6 Å². The van der Waals surface area contributed by atoms with E-state index in [-0.39, 0.29) is 0 Å². The van der Waals surface area contributed by atoms with Crippen molar-refractivity contribution in [2.24, 2.45) is 0 Å². The van der Waals surface area contributed by atoms with E-state index in [2.05, 4.69) is 146 Å². The van der Waals surface area contributed by atoms with Crippen molar-refractivity contribution in [1.82, 2.24) is 19.9 Å². The molecule has 0 N–H and O–H groups in total. The van der Waals surface area contributed by atoms with Crippen LogP contribution in [0.15, 0.2) is 206 Å². The van der Waals surface area contributed by atoms with E-state index in [9.17, 15) is 0 Å². The minimum absolute atomic E-state index is 0.632. The van der Waals surface area contributed by atoms with E-state index in [1.165, 1.54) is 27.6 Å². The van der Waals surface area contributed by atoms with Gasteiger partial charge >= 0.3 is 0 Å². The molecule has 10 aromatic rings. The van der Waals surface area contributed by atoms with Crippen molar-refractivity contribution in [1.29, 1.82) is 0 Å². The Bertz CT molecular complexity index is 2910. The normalized spacial score (nSPS) is 11.2. The van der Waals surface area contributed by atoms with Crippen LogP contribution in [0.3, 0.4) is 0 Å². The predicted molar refractivity (Wildman–Crippen MR) is 231 cm³/mol. The summed E-state index contributed by atoms with van der Waals surface area (Å²) < 4.78 is 0. The maximum atomic E-state index is 5.36. The summed E-state index contributed by atoms with van der Waals surface area (Å²) in [7, 11) is 0. The fourth-order valence-corrected chi connectivity index (χ4v) is 7.51. The summed E-state index contributed by atoms with van der Waals surface area (Å²) in [6.07, 6.45) is 0. The summed E-state index contributed by atoms with van der Waals surface area (Å²) >= 11 is 0. The smallest absolute Gasteiger partial charge is 0.164 e. The Labute approximate surface area is 325 Å². The summed E-state index contributed by atoms with van der Waals surface area (Å²) in [5.74, 6) is 1.92. The van der Waals surface area contributed by atoms with E-state index in [0.29, 0.717) is 17.5 Å². The molecule has 0 aliphatic carbocycles. The molecule has 2 heterocycles. The second-order valence-corrected chi connectivity index (χ2v) is 13.8. The van der Waals surface area contributed by atoms with E-state index >= 15 is 0 Å². The number of fused-ring (bicyclic) bond motifs is 3. The largest absolute Gasteiger partial charge is 0.247 e. The van der Waals surface area contributed by atoms with Crippen LogP contribution in [-0.2, 0) is 0 Å². The summed E-state index contributed by atoms with van der Waals surface area (Å²) in [4.78, 5) is 20.1. The Morgan fingerprint density at radius 1 is 0.250 bits per heavy atom. The van der Waals surface area contributed by atoms with Crippen LogP contribution in [0.25, 0.3) is 100 Å². The quantitative estimate of drug-likeness (QED) is 0.154. The van der Waals surface area contributed by atoms with Gasteiger partial charge in [0, 0.05) is 38.4 Å². The van der Waals surface area contributed by atoms with Gasteiger partial charge in [-0.1, -0.05) is 200 Å². The van der Waals surface area contributed by atoms with E-state index in [0.717, 1.165) is 55.4 Å². The molecule has 0 bridgehead atoms. The minimum Gasteiger partial charge on any atom is -0.247 e. The first-order valence-electron chi connectivity index (χ1n) is 18.8. The minimum atomic E-state index is 0.632. The third kappa shape index (κ3) is 6.29. The van der Waals surface area contributed by atoms with Gasteiger partial charge in [-0.25, -0.2) is 19.9 Å². The zero-order chi connectivity index (χ0) is 37.3. The first-order valence-corrected chi connectivity index (χ1v) is 18.8. The average Bonchev–Trinajstić information content (AvgIpc) is 3.29. The van der Waals surface area contributed by atoms with Gasteiger partial charge in [-0.3, -0.25) is 0 Å². The Hall–Kier alpha value is -7.56. The molecule has 262 valence electrons. The van der Waals surface area contributed by atoms with Gasteiger partial charge in [0.15, 0.2) is 17.5 Å². The molecule has 0 aliphatic heterocycles. The monoisotopic (exact) mass is 714 g/mol. The molecule has 8 aromatic carbocycles. The molecule has 10 rings (SSSR count). The van der Waals surface area contributed by atoms with E-state index < -0.39 is 0 Å². The maximum Gasteiger partial charge on any atom is 0.164 e. The van der Waals surface area contributed by atoms with Gasteiger partial charge in [0.05, 0.1) is 11.2 Å². The molecule has 2 aromatic heterocycles. The lowest BCUT2D eigenvalue weighted by Gasteiger charge is -2.15. The van der Waals surface area contributed by atoms with Crippen LogP contribution in [0.5, 0.6) is 0 Å². The summed E-state index contributed by atoms with van der Waals surface area (Å²) in [5.41, 5.74) is 12.8. The number of hydrogen-bond donors (Lipinski definition) is 0. The number of pyridine rings is 1. The number of aromatic nitrogens is 4. The molecule has 0 radical (unpaired) electrons. The highest BCUT2D eigenvalue weighted by atomic mass is 15.0. The fourth-order valence-electron chi connectivity index (χ4n) is 7.51. The van der Waals surface area contributed by atoms with Crippen molar-refractivity contribution in [2.75, 3.05) is 0 Å². The highest BCUT2D eigenvalue weighted by molar-refractivity contribution is 6.17. The van der Waals surface area contributed by atoms with Crippen LogP contribution < -0.4 is 0 Å². The second kappa shape index (κ2) is 14.3.